The first-order valence-electron chi connectivity index (χ1n) is 8.40. The van der Waals surface area contributed by atoms with Crippen LogP contribution >= 0.6 is 0 Å². The van der Waals surface area contributed by atoms with Gasteiger partial charge in [0.2, 0.25) is 0 Å². The number of ether oxygens (including phenoxy) is 2. The van der Waals surface area contributed by atoms with E-state index in [1.807, 2.05) is 0 Å². The van der Waals surface area contributed by atoms with E-state index >= 15 is 0 Å². The van der Waals surface area contributed by atoms with Crippen LogP contribution < -0.4 is 15.8 Å². The van der Waals surface area contributed by atoms with Crippen LogP contribution in [-0.4, -0.2) is 36.3 Å². The van der Waals surface area contributed by atoms with Crippen molar-refractivity contribution >= 4 is 29.3 Å². The van der Waals surface area contributed by atoms with E-state index in [0.717, 1.165) is 0 Å². The summed E-state index contributed by atoms with van der Waals surface area (Å²) in [6, 6.07) is 12.3. The molecule has 0 aromatic heterocycles. The highest BCUT2D eigenvalue weighted by molar-refractivity contribution is 5.99. The lowest BCUT2D eigenvalue weighted by molar-refractivity contribution is -0.123. The van der Waals surface area contributed by atoms with Gasteiger partial charge in [-0.15, -0.1) is 0 Å². The number of primary amides is 1. The number of benzene rings is 2. The summed E-state index contributed by atoms with van der Waals surface area (Å²) in [5.74, 6) is -1.60. The molecule has 8 nitrogen and oxygen atoms in total. The van der Waals surface area contributed by atoms with Crippen LogP contribution in [0.1, 0.15) is 34.6 Å². The van der Waals surface area contributed by atoms with E-state index in [1.165, 1.54) is 38.1 Å². The zero-order chi connectivity index (χ0) is 20.7. The Bertz CT molecular complexity index is 892. The highest BCUT2D eigenvalue weighted by atomic mass is 16.5. The maximum atomic E-state index is 12.2. The minimum Gasteiger partial charge on any atom is -0.484 e. The lowest BCUT2D eigenvalue weighted by Crippen LogP contribution is -2.30. The third-order valence-corrected chi connectivity index (χ3v) is 3.66. The average molecular weight is 384 g/mol. The first-order chi connectivity index (χ1) is 13.3. The zero-order valence-electron chi connectivity index (χ0n) is 15.4. The Kier molecular flexibility index (Phi) is 6.86. The lowest BCUT2D eigenvalue weighted by Gasteiger charge is -2.14. The summed E-state index contributed by atoms with van der Waals surface area (Å²) < 4.78 is 10.3. The number of Topliss-reactive ketones (excluding diaryl/α,β-unsaturated/α-hetero) is 1. The molecule has 28 heavy (non-hydrogen) atoms. The summed E-state index contributed by atoms with van der Waals surface area (Å²) in [5, 5.41) is 2.60. The summed E-state index contributed by atoms with van der Waals surface area (Å²) in [4.78, 5) is 46.5. The SMILES string of the molecule is CC(=O)c1cccc(NC(=O)C(C)OC(=O)c2ccc(OCC(N)=O)cc2)c1. The number of ketones is 1. The molecule has 0 saturated carbocycles. The van der Waals surface area contributed by atoms with Crippen LogP contribution in [0.5, 0.6) is 5.75 Å². The molecule has 1 atom stereocenters. The smallest absolute Gasteiger partial charge is 0.338 e. The molecule has 3 N–H and O–H groups in total. The van der Waals surface area contributed by atoms with Gasteiger partial charge in [0.1, 0.15) is 5.75 Å². The van der Waals surface area contributed by atoms with Crippen LogP contribution in [0.15, 0.2) is 48.5 Å². The van der Waals surface area contributed by atoms with Crippen molar-refractivity contribution in [2.45, 2.75) is 20.0 Å². The van der Waals surface area contributed by atoms with E-state index in [2.05, 4.69) is 5.32 Å². The summed E-state index contributed by atoms with van der Waals surface area (Å²) in [6.07, 6.45) is -1.06. The Balaban J connectivity index is 1.94. The molecule has 2 rings (SSSR count). The number of rotatable bonds is 8. The Labute approximate surface area is 161 Å². The molecule has 0 radical (unpaired) electrons. The Morgan fingerprint density at radius 1 is 1.04 bits per heavy atom. The number of nitrogens with one attached hydrogen (secondary N) is 1. The maximum absolute atomic E-state index is 12.2. The van der Waals surface area contributed by atoms with Crippen molar-refractivity contribution in [1.82, 2.24) is 0 Å². The van der Waals surface area contributed by atoms with E-state index in [4.69, 9.17) is 15.2 Å². The molecule has 1 unspecified atom stereocenters. The van der Waals surface area contributed by atoms with Gasteiger partial charge in [-0.1, -0.05) is 12.1 Å². The second-order valence-corrected chi connectivity index (χ2v) is 5.95. The number of hydrogen-bond acceptors (Lipinski definition) is 6. The molecule has 0 bridgehead atoms. The van der Waals surface area contributed by atoms with Crippen molar-refractivity contribution in [3.8, 4) is 5.75 Å². The predicted octanol–water partition coefficient (Wildman–Crippen LogP) is 1.94. The third kappa shape index (κ3) is 5.94. The topological polar surface area (TPSA) is 125 Å². The molecule has 146 valence electrons. The summed E-state index contributed by atoms with van der Waals surface area (Å²) in [6.45, 7) is 2.59. The largest absolute Gasteiger partial charge is 0.484 e. The van der Waals surface area contributed by atoms with Crippen LogP contribution in [0.4, 0.5) is 5.69 Å². The number of carbonyl (C=O) groups excluding carboxylic acids is 4. The summed E-state index contributed by atoms with van der Waals surface area (Å²) >= 11 is 0. The molecule has 0 saturated heterocycles. The summed E-state index contributed by atoms with van der Waals surface area (Å²) in [5.41, 5.74) is 6.09. The number of hydrogen-bond donors (Lipinski definition) is 2. The molecule has 0 fully saturated rings. The number of esters is 1. The van der Waals surface area contributed by atoms with Crippen LogP contribution in [0.25, 0.3) is 0 Å². The average Bonchev–Trinajstić information content (AvgIpc) is 2.66. The van der Waals surface area contributed by atoms with E-state index in [1.54, 1.807) is 24.3 Å². The van der Waals surface area contributed by atoms with Crippen LogP contribution in [0.2, 0.25) is 0 Å². The molecule has 2 aromatic carbocycles. The monoisotopic (exact) mass is 384 g/mol. The normalized spacial score (nSPS) is 11.2. The first kappa shape index (κ1) is 20.6. The van der Waals surface area contributed by atoms with Crippen molar-refractivity contribution in [3.05, 3.63) is 59.7 Å². The number of anilines is 1. The number of nitrogens with two attached hydrogens (primary N) is 1. The van der Waals surface area contributed by atoms with Gasteiger partial charge in [-0.2, -0.15) is 0 Å². The molecule has 0 aliphatic heterocycles. The highest BCUT2D eigenvalue weighted by Crippen LogP contribution is 2.15. The molecule has 8 heteroatoms. The molecular formula is C20H20N2O6. The van der Waals surface area contributed by atoms with Gasteiger partial charge in [-0.25, -0.2) is 4.79 Å². The molecule has 0 aliphatic carbocycles. The van der Waals surface area contributed by atoms with Gasteiger partial charge >= 0.3 is 5.97 Å². The second kappa shape index (κ2) is 9.31. The molecule has 2 amide bonds. The van der Waals surface area contributed by atoms with Gasteiger partial charge in [0.05, 0.1) is 5.56 Å². The van der Waals surface area contributed by atoms with E-state index in [9.17, 15) is 19.2 Å². The zero-order valence-corrected chi connectivity index (χ0v) is 15.4. The Morgan fingerprint density at radius 2 is 1.71 bits per heavy atom. The number of carbonyl (C=O) groups is 4. The fraction of sp³-hybridized carbons (Fsp3) is 0.200. The fourth-order valence-corrected chi connectivity index (χ4v) is 2.18. The fourth-order valence-electron chi connectivity index (χ4n) is 2.18. The lowest BCUT2D eigenvalue weighted by atomic mass is 10.1. The second-order valence-electron chi connectivity index (χ2n) is 5.95. The summed E-state index contributed by atoms with van der Waals surface area (Å²) in [7, 11) is 0. The minimum atomic E-state index is -1.06. The van der Waals surface area contributed by atoms with Gasteiger partial charge in [0, 0.05) is 11.3 Å². The van der Waals surface area contributed by atoms with Gasteiger partial charge in [0.25, 0.3) is 11.8 Å². The van der Waals surface area contributed by atoms with Crippen LogP contribution in [0, 0.1) is 0 Å². The first-order valence-corrected chi connectivity index (χ1v) is 8.40. The van der Waals surface area contributed by atoms with Gasteiger partial charge in [-0.05, 0) is 50.2 Å². The van der Waals surface area contributed by atoms with E-state index in [0.29, 0.717) is 17.0 Å². The third-order valence-electron chi connectivity index (χ3n) is 3.66. The van der Waals surface area contributed by atoms with E-state index in [-0.39, 0.29) is 18.0 Å². The van der Waals surface area contributed by atoms with Crippen LogP contribution in [-0.2, 0) is 14.3 Å². The van der Waals surface area contributed by atoms with Crippen molar-refractivity contribution in [2.24, 2.45) is 5.73 Å². The Hall–Kier alpha value is -3.68. The Morgan fingerprint density at radius 3 is 2.32 bits per heavy atom. The highest BCUT2D eigenvalue weighted by Gasteiger charge is 2.19. The molecule has 0 aliphatic rings. The quantitative estimate of drug-likeness (QED) is 0.529. The molecule has 0 spiro atoms. The van der Waals surface area contributed by atoms with Gasteiger partial charge in [-0.3, -0.25) is 14.4 Å². The van der Waals surface area contributed by atoms with Gasteiger partial charge in [0.15, 0.2) is 18.5 Å². The van der Waals surface area contributed by atoms with Crippen molar-refractivity contribution in [2.75, 3.05) is 11.9 Å². The molecule has 2 aromatic rings. The van der Waals surface area contributed by atoms with E-state index < -0.39 is 23.9 Å². The van der Waals surface area contributed by atoms with Crippen LogP contribution in [0.3, 0.4) is 0 Å². The predicted molar refractivity (Wildman–Crippen MR) is 101 cm³/mol. The maximum Gasteiger partial charge on any atom is 0.338 e. The van der Waals surface area contributed by atoms with Crippen molar-refractivity contribution in [3.63, 3.8) is 0 Å². The molecule has 0 heterocycles. The number of amides is 2. The van der Waals surface area contributed by atoms with Crippen molar-refractivity contribution in [1.29, 1.82) is 0 Å². The molecular weight excluding hydrogens is 364 g/mol. The van der Waals surface area contributed by atoms with Crippen molar-refractivity contribution < 1.29 is 28.7 Å². The standard InChI is InChI=1S/C20H20N2O6/c1-12(23)15-4-3-5-16(10-15)22-19(25)13(2)28-20(26)14-6-8-17(9-7-14)27-11-18(21)24/h3-10,13H,11H2,1-2H3,(H2,21,24)(H,22,25). The minimum absolute atomic E-state index is 0.126. The van der Waals surface area contributed by atoms with Gasteiger partial charge < -0.3 is 20.5 Å².